The molecule has 0 aliphatic carbocycles. The van der Waals surface area contributed by atoms with Crippen LogP contribution >= 0.6 is 0 Å². The summed E-state index contributed by atoms with van der Waals surface area (Å²) in [5.41, 5.74) is 0.576. The summed E-state index contributed by atoms with van der Waals surface area (Å²) in [7, 11) is -2.67. The zero-order valence-corrected chi connectivity index (χ0v) is 13.7. The number of primary amides is 2. The highest BCUT2D eigenvalue weighted by Crippen LogP contribution is 2.34. The average Bonchev–Trinajstić information content (AvgIpc) is 2.53. The summed E-state index contributed by atoms with van der Waals surface area (Å²) < 4.78 is 30.8. The molecule has 24 heavy (non-hydrogen) atoms. The van der Waals surface area contributed by atoms with Gasteiger partial charge >= 0.3 is 11.9 Å². The number of anilines is 1. The fraction of sp³-hybridized carbons (Fsp3) is 0.133. The SMILES string of the molecule is COc1ncc(S(=O)(=O)c2cccc(C)c2)c2c1C(=O)[NH2+]C(=O)N2. The molecule has 1 aromatic heterocycles. The van der Waals surface area contributed by atoms with E-state index in [0.717, 1.165) is 17.1 Å². The van der Waals surface area contributed by atoms with Crippen LogP contribution in [0.4, 0.5) is 10.5 Å². The van der Waals surface area contributed by atoms with Crippen molar-refractivity contribution in [2.24, 2.45) is 0 Å². The number of aryl methyl sites for hydroxylation is 1. The van der Waals surface area contributed by atoms with E-state index in [1.165, 1.54) is 19.2 Å². The molecular formula is C15H14N3O5S+. The van der Waals surface area contributed by atoms with Crippen molar-refractivity contribution in [3.05, 3.63) is 41.6 Å². The number of pyridine rings is 1. The average molecular weight is 348 g/mol. The minimum atomic E-state index is -3.97. The minimum Gasteiger partial charge on any atom is -0.480 e. The Morgan fingerprint density at radius 2 is 2.00 bits per heavy atom. The van der Waals surface area contributed by atoms with E-state index in [0.29, 0.717) is 0 Å². The number of carbonyl (C=O) groups is 2. The maximum absolute atomic E-state index is 12.9. The second-order valence-electron chi connectivity index (χ2n) is 5.20. The number of nitrogens with two attached hydrogens (primary N) is 1. The molecule has 9 heteroatoms. The lowest BCUT2D eigenvalue weighted by Gasteiger charge is -2.18. The molecule has 0 saturated carbocycles. The van der Waals surface area contributed by atoms with E-state index in [9.17, 15) is 18.0 Å². The molecule has 0 atom stereocenters. The fourth-order valence-corrected chi connectivity index (χ4v) is 3.91. The van der Waals surface area contributed by atoms with Gasteiger partial charge in [-0.25, -0.2) is 23.0 Å². The van der Waals surface area contributed by atoms with Crippen molar-refractivity contribution in [1.29, 1.82) is 0 Å². The number of quaternary nitrogens is 1. The molecule has 3 N–H and O–H groups in total. The minimum absolute atomic E-state index is 0.0468. The van der Waals surface area contributed by atoms with Crippen molar-refractivity contribution in [2.75, 3.05) is 12.4 Å². The van der Waals surface area contributed by atoms with E-state index in [1.807, 2.05) is 0 Å². The maximum Gasteiger partial charge on any atom is 0.425 e. The number of hydrogen-bond donors (Lipinski definition) is 2. The third-order valence-electron chi connectivity index (χ3n) is 3.55. The summed E-state index contributed by atoms with van der Waals surface area (Å²) in [6.07, 6.45) is 1.08. The zero-order valence-electron chi connectivity index (χ0n) is 12.9. The number of carbonyl (C=O) groups excluding carboxylic acids is 2. The number of imide groups is 1. The summed E-state index contributed by atoms with van der Waals surface area (Å²) in [6.45, 7) is 1.76. The van der Waals surface area contributed by atoms with Gasteiger partial charge in [0.2, 0.25) is 15.7 Å². The molecule has 1 aliphatic rings. The largest absolute Gasteiger partial charge is 0.480 e. The molecule has 0 fully saturated rings. The predicted octanol–water partition coefficient (Wildman–Crippen LogP) is 0.481. The van der Waals surface area contributed by atoms with Crippen LogP contribution in [0.1, 0.15) is 15.9 Å². The van der Waals surface area contributed by atoms with Crippen molar-refractivity contribution in [3.63, 3.8) is 0 Å². The number of fused-ring (bicyclic) bond motifs is 1. The van der Waals surface area contributed by atoms with E-state index in [2.05, 4.69) is 10.3 Å². The van der Waals surface area contributed by atoms with Crippen LogP contribution in [0.15, 0.2) is 40.3 Å². The Morgan fingerprint density at radius 1 is 1.25 bits per heavy atom. The van der Waals surface area contributed by atoms with Gasteiger partial charge in [0.05, 0.1) is 23.9 Å². The molecule has 0 bridgehead atoms. The summed E-state index contributed by atoms with van der Waals surface area (Å²) in [6, 6.07) is 5.63. The number of ether oxygens (including phenoxy) is 1. The van der Waals surface area contributed by atoms with Crippen molar-refractivity contribution < 1.29 is 28.1 Å². The lowest BCUT2D eigenvalue weighted by molar-refractivity contribution is -0.447. The number of nitrogens with zero attached hydrogens (tertiary/aromatic N) is 1. The zero-order chi connectivity index (χ0) is 17.5. The molecule has 2 heterocycles. The highest BCUT2D eigenvalue weighted by Gasteiger charge is 2.37. The third-order valence-corrected chi connectivity index (χ3v) is 5.31. The van der Waals surface area contributed by atoms with E-state index in [-0.39, 0.29) is 26.9 Å². The third kappa shape index (κ3) is 2.53. The normalized spacial score (nSPS) is 14.1. The Labute approximate surface area is 137 Å². The second kappa shape index (κ2) is 5.69. The van der Waals surface area contributed by atoms with Gasteiger partial charge in [0, 0.05) is 0 Å². The molecule has 0 radical (unpaired) electrons. The number of nitrogens with one attached hydrogen (secondary N) is 1. The first-order chi connectivity index (χ1) is 11.3. The van der Waals surface area contributed by atoms with Crippen LogP contribution in [-0.2, 0) is 9.84 Å². The fourth-order valence-electron chi connectivity index (χ4n) is 2.45. The van der Waals surface area contributed by atoms with E-state index < -0.39 is 21.8 Å². The van der Waals surface area contributed by atoms with Gasteiger partial charge in [-0.15, -0.1) is 0 Å². The maximum atomic E-state index is 12.9. The van der Waals surface area contributed by atoms with E-state index in [1.54, 1.807) is 19.1 Å². The molecule has 0 spiro atoms. The topological polar surface area (TPSA) is 119 Å². The molecule has 3 amide bonds. The van der Waals surface area contributed by atoms with E-state index >= 15 is 0 Å². The first-order valence-electron chi connectivity index (χ1n) is 6.93. The monoisotopic (exact) mass is 348 g/mol. The molecule has 1 aromatic carbocycles. The van der Waals surface area contributed by atoms with Gasteiger partial charge in [-0.3, -0.25) is 5.32 Å². The lowest BCUT2D eigenvalue weighted by Crippen LogP contribution is -2.94. The van der Waals surface area contributed by atoms with Gasteiger partial charge < -0.3 is 4.74 Å². The van der Waals surface area contributed by atoms with Crippen LogP contribution in [0.3, 0.4) is 0 Å². The van der Waals surface area contributed by atoms with Crippen LogP contribution in [-0.4, -0.2) is 32.4 Å². The highest BCUT2D eigenvalue weighted by atomic mass is 32.2. The Morgan fingerprint density at radius 3 is 2.67 bits per heavy atom. The number of urea groups is 1. The smallest absolute Gasteiger partial charge is 0.425 e. The Bertz CT molecular complexity index is 969. The predicted molar refractivity (Wildman–Crippen MR) is 82.7 cm³/mol. The number of benzene rings is 1. The van der Waals surface area contributed by atoms with Crippen molar-refractivity contribution in [1.82, 2.24) is 4.98 Å². The van der Waals surface area contributed by atoms with Gasteiger partial charge in [0.25, 0.3) is 0 Å². The van der Waals surface area contributed by atoms with Gasteiger partial charge in [0.15, 0.2) is 5.56 Å². The molecule has 1 aliphatic heterocycles. The van der Waals surface area contributed by atoms with Gasteiger partial charge in [-0.1, -0.05) is 12.1 Å². The molecule has 3 rings (SSSR count). The molecule has 0 unspecified atom stereocenters. The Kier molecular flexibility index (Phi) is 3.82. The molecular weight excluding hydrogens is 334 g/mol. The van der Waals surface area contributed by atoms with Crippen molar-refractivity contribution in [3.8, 4) is 5.88 Å². The van der Waals surface area contributed by atoms with Gasteiger partial charge in [-0.05, 0) is 24.6 Å². The first-order valence-corrected chi connectivity index (χ1v) is 8.41. The number of sulfone groups is 1. The van der Waals surface area contributed by atoms with Gasteiger partial charge in [-0.2, -0.15) is 5.32 Å². The standard InChI is InChI=1S/C15H13N3O5S/c1-8-4-3-5-9(6-8)24(21,22)10-7-16-14(23-2)11-12(10)17-15(20)18-13(11)19/h3-7H,1-2H3,(H2,17,18,19,20)/p+1. The van der Waals surface area contributed by atoms with Crippen molar-refractivity contribution in [2.45, 2.75) is 16.7 Å². The van der Waals surface area contributed by atoms with Crippen LogP contribution in [0, 0.1) is 6.92 Å². The highest BCUT2D eigenvalue weighted by molar-refractivity contribution is 7.91. The van der Waals surface area contributed by atoms with Crippen molar-refractivity contribution >= 4 is 27.5 Å². The Balaban J connectivity index is 2.28. The van der Waals surface area contributed by atoms with Crippen LogP contribution in [0.2, 0.25) is 0 Å². The van der Waals surface area contributed by atoms with Gasteiger partial charge in [0.1, 0.15) is 4.90 Å². The first kappa shape index (κ1) is 16.1. The molecule has 124 valence electrons. The number of amides is 3. The quantitative estimate of drug-likeness (QED) is 0.833. The second-order valence-corrected chi connectivity index (χ2v) is 7.12. The molecule has 0 saturated heterocycles. The van der Waals surface area contributed by atoms with Crippen LogP contribution in [0.5, 0.6) is 5.88 Å². The Hall–Kier alpha value is -2.78. The molecule has 8 nitrogen and oxygen atoms in total. The summed E-state index contributed by atoms with van der Waals surface area (Å²) in [4.78, 5) is 27.5. The summed E-state index contributed by atoms with van der Waals surface area (Å²) >= 11 is 0. The molecule has 2 aromatic rings. The van der Waals surface area contributed by atoms with Crippen LogP contribution in [0.25, 0.3) is 0 Å². The lowest BCUT2D eigenvalue weighted by atomic mass is 10.2. The summed E-state index contributed by atoms with van der Waals surface area (Å²) in [5, 5.41) is 3.24. The van der Waals surface area contributed by atoms with E-state index in [4.69, 9.17) is 4.74 Å². The van der Waals surface area contributed by atoms with Crippen LogP contribution < -0.4 is 15.4 Å². The number of aromatic nitrogens is 1. The number of rotatable bonds is 3. The number of hydrogen-bond acceptors (Lipinski definition) is 6. The number of methoxy groups -OCH3 is 1. The summed E-state index contributed by atoms with van der Waals surface area (Å²) in [5.74, 6) is -0.700.